The van der Waals surface area contributed by atoms with Crippen LogP contribution in [0.1, 0.15) is 31.4 Å². The van der Waals surface area contributed by atoms with Gasteiger partial charge >= 0.3 is 37.7 Å². The quantitative estimate of drug-likeness (QED) is 0.351. The summed E-state index contributed by atoms with van der Waals surface area (Å²) >= 11 is 0. The SMILES string of the molecule is C1CCOC1.CC#CC([c-]1cccc1)[NH+](C)C.[Li+].[Li+].c1cc[cH-]c1. The Hall–Kier alpha value is -0.625. The second-order valence-corrected chi connectivity index (χ2v) is 5.40. The van der Waals surface area contributed by atoms with Crippen LogP contribution >= 0.6 is 0 Å². The first-order chi connectivity index (χ1) is 10.8. The molecule has 2 aromatic carbocycles. The molecule has 4 heteroatoms. The first kappa shape index (κ1) is 25.6. The van der Waals surface area contributed by atoms with E-state index in [-0.39, 0.29) is 37.7 Å². The fraction of sp³-hybridized carbons (Fsp3) is 0.400. The van der Waals surface area contributed by atoms with Crippen molar-refractivity contribution in [2.75, 3.05) is 27.3 Å². The number of nitrogens with one attached hydrogen (secondary N) is 1. The molecule has 2 nitrogen and oxygen atoms in total. The summed E-state index contributed by atoms with van der Waals surface area (Å²) in [4.78, 5) is 1.36. The molecule has 0 aliphatic carbocycles. The Balaban J connectivity index is 0. The van der Waals surface area contributed by atoms with Gasteiger partial charge in [-0.25, -0.2) is 24.3 Å². The maximum Gasteiger partial charge on any atom is 1.00 e. The molecule has 1 heterocycles. The van der Waals surface area contributed by atoms with Gasteiger partial charge < -0.3 is 9.64 Å². The Morgan fingerprint density at radius 3 is 1.83 bits per heavy atom. The fourth-order valence-corrected chi connectivity index (χ4v) is 2.12. The predicted octanol–water partition coefficient (Wildman–Crippen LogP) is -3.18. The van der Waals surface area contributed by atoms with Crippen molar-refractivity contribution in [3.8, 4) is 11.8 Å². The van der Waals surface area contributed by atoms with Crippen LogP contribution in [0.2, 0.25) is 0 Å². The molecular weight excluding hydrogens is 284 g/mol. The van der Waals surface area contributed by atoms with Gasteiger partial charge in [0.1, 0.15) is 6.04 Å². The van der Waals surface area contributed by atoms with Crippen molar-refractivity contribution >= 4 is 0 Å². The topological polar surface area (TPSA) is 13.7 Å². The molecule has 2 aromatic rings. The second kappa shape index (κ2) is 17.2. The molecule has 0 bridgehead atoms. The van der Waals surface area contributed by atoms with Crippen LogP contribution in [0.4, 0.5) is 0 Å². The molecule has 0 amide bonds. The smallest absolute Gasteiger partial charge is 0.381 e. The van der Waals surface area contributed by atoms with Crippen molar-refractivity contribution < 1.29 is 47.4 Å². The van der Waals surface area contributed by atoms with Crippen LogP contribution in [0.15, 0.2) is 54.6 Å². The first-order valence-electron chi connectivity index (χ1n) is 7.94. The summed E-state index contributed by atoms with van der Waals surface area (Å²) in [5, 5.41) is 0. The van der Waals surface area contributed by atoms with Gasteiger partial charge in [0.2, 0.25) is 0 Å². The van der Waals surface area contributed by atoms with Crippen LogP contribution < -0.4 is 42.6 Å². The molecule has 3 rings (SSSR count). The largest absolute Gasteiger partial charge is 1.00 e. The second-order valence-electron chi connectivity index (χ2n) is 5.40. The third-order valence-corrected chi connectivity index (χ3v) is 3.27. The number of hydrogen-bond acceptors (Lipinski definition) is 1. The van der Waals surface area contributed by atoms with Gasteiger partial charge in [0.15, 0.2) is 0 Å². The zero-order valence-corrected chi connectivity index (χ0v) is 16.0. The molecule has 0 spiro atoms. The van der Waals surface area contributed by atoms with Crippen LogP contribution in [0.5, 0.6) is 0 Å². The molecule has 1 aliphatic rings. The third-order valence-electron chi connectivity index (χ3n) is 3.27. The number of hydrogen-bond donors (Lipinski definition) is 1. The van der Waals surface area contributed by atoms with E-state index >= 15 is 0 Å². The summed E-state index contributed by atoms with van der Waals surface area (Å²) in [6.07, 6.45) is 2.56. The Morgan fingerprint density at radius 2 is 1.54 bits per heavy atom. The van der Waals surface area contributed by atoms with Crippen LogP contribution in [0.25, 0.3) is 0 Å². The molecule has 1 N–H and O–H groups in total. The molecule has 1 saturated heterocycles. The van der Waals surface area contributed by atoms with Gasteiger partial charge in [-0.15, -0.1) is 5.92 Å². The Bertz CT molecular complexity index is 481. The maximum atomic E-state index is 4.94. The minimum atomic E-state index is 0. The van der Waals surface area contributed by atoms with Gasteiger partial charge in [0.05, 0.1) is 14.1 Å². The molecule has 24 heavy (non-hydrogen) atoms. The summed E-state index contributed by atoms with van der Waals surface area (Å²) in [6.45, 7) is 3.89. The van der Waals surface area contributed by atoms with Crippen LogP contribution in [-0.4, -0.2) is 27.3 Å². The first-order valence-corrected chi connectivity index (χ1v) is 7.94. The molecule has 0 aromatic heterocycles. The number of quaternary nitrogens is 1. The van der Waals surface area contributed by atoms with Gasteiger partial charge in [-0.2, -0.15) is 30.3 Å². The minimum absolute atomic E-state index is 0. The monoisotopic (exact) mass is 312 g/mol. The molecule has 0 radical (unpaired) electrons. The summed E-state index contributed by atoms with van der Waals surface area (Å²) in [5.41, 5.74) is 1.31. The zero-order valence-electron chi connectivity index (χ0n) is 16.0. The van der Waals surface area contributed by atoms with E-state index < -0.39 is 0 Å². The minimum Gasteiger partial charge on any atom is -0.381 e. The standard InChI is InChI=1S/C11H14N.C5H5.C4H8O.2Li/c1-4-7-11(12(2)3)10-8-5-6-9-10;2*1-2-4-5-3-1;;/h5-6,8-9,11H,1-3H3;1-5H;1-4H2;;/q2*-1;;2*+1/p+1. The molecule has 1 fully saturated rings. The maximum absolute atomic E-state index is 4.94. The average molecular weight is 312 g/mol. The van der Waals surface area contributed by atoms with Gasteiger partial charge in [0, 0.05) is 13.2 Å². The van der Waals surface area contributed by atoms with Gasteiger partial charge in [-0.1, -0.05) is 5.56 Å². The zero-order chi connectivity index (χ0) is 16.0. The third kappa shape index (κ3) is 11.8. The van der Waals surface area contributed by atoms with Crippen molar-refractivity contribution in [3.63, 3.8) is 0 Å². The number of ether oxygens (including phenoxy) is 1. The van der Waals surface area contributed by atoms with E-state index in [9.17, 15) is 0 Å². The molecule has 1 atom stereocenters. The summed E-state index contributed by atoms with van der Waals surface area (Å²) in [5.74, 6) is 6.16. The molecule has 1 unspecified atom stereocenters. The van der Waals surface area contributed by atoms with Crippen LogP contribution in [0, 0.1) is 11.8 Å². The summed E-state index contributed by atoms with van der Waals surface area (Å²) < 4.78 is 4.94. The van der Waals surface area contributed by atoms with Gasteiger partial charge in [0.25, 0.3) is 0 Å². The van der Waals surface area contributed by atoms with Crippen LogP contribution in [0.3, 0.4) is 0 Å². The fourth-order valence-electron chi connectivity index (χ4n) is 2.12. The molecular formula is C20H28Li2NO+. The Morgan fingerprint density at radius 1 is 1.00 bits per heavy atom. The van der Waals surface area contributed by atoms with E-state index in [1.54, 1.807) is 0 Å². The van der Waals surface area contributed by atoms with Gasteiger partial charge in [-0.05, 0) is 25.7 Å². The van der Waals surface area contributed by atoms with E-state index in [2.05, 4.69) is 50.2 Å². The van der Waals surface area contributed by atoms with E-state index in [1.807, 2.05) is 37.3 Å². The van der Waals surface area contributed by atoms with Crippen molar-refractivity contribution in [1.82, 2.24) is 0 Å². The van der Waals surface area contributed by atoms with E-state index in [0.29, 0.717) is 6.04 Å². The van der Waals surface area contributed by atoms with E-state index in [4.69, 9.17) is 4.74 Å². The Labute approximate surface area is 172 Å². The normalized spacial score (nSPS) is 12.8. The van der Waals surface area contributed by atoms with Gasteiger partial charge in [-0.3, -0.25) is 0 Å². The van der Waals surface area contributed by atoms with Crippen molar-refractivity contribution in [3.05, 3.63) is 60.2 Å². The van der Waals surface area contributed by atoms with Crippen molar-refractivity contribution in [2.45, 2.75) is 25.8 Å². The average Bonchev–Trinajstić information content (AvgIpc) is 3.32. The predicted molar refractivity (Wildman–Crippen MR) is 93.1 cm³/mol. The van der Waals surface area contributed by atoms with E-state index in [0.717, 1.165) is 13.2 Å². The number of rotatable bonds is 2. The van der Waals surface area contributed by atoms with E-state index in [1.165, 1.54) is 23.3 Å². The summed E-state index contributed by atoms with van der Waals surface area (Å²) in [6, 6.07) is 18.7. The van der Waals surface area contributed by atoms with Crippen molar-refractivity contribution in [2.24, 2.45) is 0 Å². The molecule has 1 aliphatic heterocycles. The molecule has 120 valence electrons. The summed E-state index contributed by atoms with van der Waals surface area (Å²) in [7, 11) is 4.25. The van der Waals surface area contributed by atoms with Crippen LogP contribution in [-0.2, 0) is 4.74 Å². The Kier molecular flexibility index (Phi) is 18.4. The van der Waals surface area contributed by atoms with Crippen molar-refractivity contribution in [1.29, 1.82) is 0 Å². The molecule has 0 saturated carbocycles.